The van der Waals surface area contributed by atoms with Crippen molar-refractivity contribution >= 4 is 18.3 Å². The number of aryl methyl sites for hydroxylation is 1. The number of amides is 1. The molecule has 1 atom stereocenters. The number of benzene rings is 1. The zero-order valence-electron chi connectivity index (χ0n) is 15.3. The van der Waals surface area contributed by atoms with Gasteiger partial charge in [0.1, 0.15) is 0 Å². The summed E-state index contributed by atoms with van der Waals surface area (Å²) < 4.78 is 2.00. The smallest absolute Gasteiger partial charge is 0.274 e. The summed E-state index contributed by atoms with van der Waals surface area (Å²) in [6.07, 6.45) is 5.25. The molecule has 1 unspecified atom stereocenters. The van der Waals surface area contributed by atoms with E-state index in [4.69, 9.17) is 10.8 Å². The highest BCUT2D eigenvalue weighted by molar-refractivity contribution is 5.94. The van der Waals surface area contributed by atoms with Gasteiger partial charge in [-0.25, -0.2) is 4.68 Å². The van der Waals surface area contributed by atoms with Crippen LogP contribution in [0, 0.1) is 12.8 Å². The molecule has 26 heavy (non-hydrogen) atoms. The summed E-state index contributed by atoms with van der Waals surface area (Å²) >= 11 is 0. The molecule has 1 saturated heterocycles. The Balaban J connectivity index is 0.00000196. The molecule has 5 nitrogen and oxygen atoms in total. The highest BCUT2D eigenvalue weighted by atomic mass is 35.5. The van der Waals surface area contributed by atoms with E-state index in [1.54, 1.807) is 0 Å². The standard InChI is InChI=1S/C20H26N4O.ClH/c1-14-6-8-16(9-7-14)24-18-5-3-2-4-17(18)19(22-24)20(25)23-11-10-15(12-21)13-23;/h6-9,15H,2-5,10-13,21H2,1H3;1H. The van der Waals surface area contributed by atoms with E-state index in [1.165, 1.54) is 11.3 Å². The lowest BCUT2D eigenvalue weighted by Gasteiger charge is -2.17. The van der Waals surface area contributed by atoms with Gasteiger partial charge in [-0.15, -0.1) is 12.4 Å². The van der Waals surface area contributed by atoms with Gasteiger partial charge in [-0.1, -0.05) is 17.7 Å². The Bertz CT molecular complexity index is 784. The maximum Gasteiger partial charge on any atom is 0.274 e. The molecule has 0 spiro atoms. The van der Waals surface area contributed by atoms with Crippen LogP contribution in [0.4, 0.5) is 0 Å². The van der Waals surface area contributed by atoms with Crippen LogP contribution in [0.3, 0.4) is 0 Å². The average Bonchev–Trinajstić information content (AvgIpc) is 3.27. The number of nitrogens with two attached hydrogens (primary N) is 1. The number of carbonyl (C=O) groups excluding carboxylic acids is 1. The molecule has 1 aromatic carbocycles. The van der Waals surface area contributed by atoms with Crippen molar-refractivity contribution in [3.63, 3.8) is 0 Å². The van der Waals surface area contributed by atoms with Crippen molar-refractivity contribution < 1.29 is 4.79 Å². The van der Waals surface area contributed by atoms with Crippen molar-refractivity contribution in [3.05, 3.63) is 46.8 Å². The fraction of sp³-hybridized carbons (Fsp3) is 0.500. The van der Waals surface area contributed by atoms with E-state index in [9.17, 15) is 4.79 Å². The van der Waals surface area contributed by atoms with Gasteiger partial charge < -0.3 is 10.6 Å². The largest absolute Gasteiger partial charge is 0.337 e. The summed E-state index contributed by atoms with van der Waals surface area (Å²) in [7, 11) is 0. The predicted molar refractivity (Wildman–Crippen MR) is 105 cm³/mol. The maximum atomic E-state index is 13.1. The van der Waals surface area contributed by atoms with Crippen LogP contribution in [0.2, 0.25) is 0 Å². The maximum absolute atomic E-state index is 13.1. The first-order valence-corrected chi connectivity index (χ1v) is 9.34. The van der Waals surface area contributed by atoms with Crippen LogP contribution < -0.4 is 5.73 Å². The van der Waals surface area contributed by atoms with Gasteiger partial charge >= 0.3 is 0 Å². The van der Waals surface area contributed by atoms with Gasteiger partial charge in [0.15, 0.2) is 5.69 Å². The van der Waals surface area contributed by atoms with E-state index in [1.807, 2.05) is 9.58 Å². The van der Waals surface area contributed by atoms with Crippen molar-refractivity contribution in [1.29, 1.82) is 0 Å². The Morgan fingerprint density at radius 1 is 1.23 bits per heavy atom. The van der Waals surface area contributed by atoms with Gasteiger partial charge in [-0.2, -0.15) is 5.10 Å². The molecule has 0 radical (unpaired) electrons. The molecular formula is C20H27ClN4O. The number of likely N-dealkylation sites (tertiary alicyclic amines) is 1. The number of fused-ring (bicyclic) bond motifs is 1. The van der Waals surface area contributed by atoms with Crippen LogP contribution in [0.5, 0.6) is 0 Å². The van der Waals surface area contributed by atoms with Crippen LogP contribution in [-0.2, 0) is 12.8 Å². The lowest BCUT2D eigenvalue weighted by atomic mass is 9.95. The van der Waals surface area contributed by atoms with Gasteiger partial charge in [0.2, 0.25) is 0 Å². The van der Waals surface area contributed by atoms with Gasteiger partial charge in [-0.3, -0.25) is 4.79 Å². The van der Waals surface area contributed by atoms with Crippen molar-refractivity contribution in [2.45, 2.75) is 39.0 Å². The summed E-state index contributed by atoms with van der Waals surface area (Å²) in [5, 5.41) is 4.78. The Hall–Kier alpha value is -1.85. The van der Waals surface area contributed by atoms with Crippen LogP contribution in [-0.4, -0.2) is 40.2 Å². The molecule has 1 fully saturated rings. The third kappa shape index (κ3) is 3.38. The normalized spacial score (nSPS) is 19.2. The van der Waals surface area contributed by atoms with E-state index in [0.29, 0.717) is 18.2 Å². The van der Waals surface area contributed by atoms with Crippen molar-refractivity contribution in [1.82, 2.24) is 14.7 Å². The summed E-state index contributed by atoms with van der Waals surface area (Å²) in [6.45, 7) is 4.30. The second-order valence-corrected chi connectivity index (χ2v) is 7.37. The first kappa shape index (κ1) is 18.9. The van der Waals surface area contributed by atoms with Crippen LogP contribution >= 0.6 is 12.4 Å². The third-order valence-corrected chi connectivity index (χ3v) is 5.57. The third-order valence-electron chi connectivity index (χ3n) is 5.57. The Morgan fingerprint density at radius 3 is 2.65 bits per heavy atom. The van der Waals surface area contributed by atoms with Crippen LogP contribution in [0.25, 0.3) is 5.69 Å². The molecule has 1 aliphatic carbocycles. The monoisotopic (exact) mass is 374 g/mol. The zero-order chi connectivity index (χ0) is 17.4. The molecule has 1 aromatic heterocycles. The van der Waals surface area contributed by atoms with Crippen molar-refractivity contribution in [3.8, 4) is 5.69 Å². The molecule has 2 heterocycles. The van der Waals surface area contributed by atoms with Crippen molar-refractivity contribution in [2.24, 2.45) is 11.7 Å². The van der Waals surface area contributed by atoms with Crippen LogP contribution in [0.1, 0.15) is 46.6 Å². The summed E-state index contributed by atoms with van der Waals surface area (Å²) in [5.74, 6) is 0.513. The molecule has 2 aromatic rings. The number of rotatable bonds is 3. The predicted octanol–water partition coefficient (Wildman–Crippen LogP) is 2.90. The Kier molecular flexibility index (Phi) is 5.68. The molecule has 0 bridgehead atoms. The summed E-state index contributed by atoms with van der Waals surface area (Å²) in [4.78, 5) is 15.0. The topological polar surface area (TPSA) is 64.2 Å². The zero-order valence-corrected chi connectivity index (χ0v) is 16.1. The molecular weight excluding hydrogens is 348 g/mol. The van der Waals surface area contributed by atoms with Gasteiger partial charge in [0.25, 0.3) is 5.91 Å². The number of aromatic nitrogens is 2. The number of hydrogen-bond acceptors (Lipinski definition) is 3. The lowest BCUT2D eigenvalue weighted by molar-refractivity contribution is 0.0780. The highest BCUT2D eigenvalue weighted by Gasteiger charge is 2.32. The molecule has 1 amide bonds. The number of nitrogens with zero attached hydrogens (tertiary/aromatic N) is 3. The quantitative estimate of drug-likeness (QED) is 0.898. The van der Waals surface area contributed by atoms with E-state index in [2.05, 4.69) is 31.2 Å². The molecule has 0 saturated carbocycles. The van der Waals surface area contributed by atoms with Crippen LogP contribution in [0.15, 0.2) is 24.3 Å². The first-order chi connectivity index (χ1) is 12.2. The SMILES string of the molecule is Cc1ccc(-n2nc(C(=O)N3CCC(CN)C3)c3c2CCCC3)cc1.Cl. The van der Waals surface area contributed by atoms with Gasteiger partial charge in [-0.05, 0) is 63.6 Å². The second kappa shape index (κ2) is 7.80. The number of hydrogen-bond donors (Lipinski definition) is 1. The molecule has 140 valence electrons. The Morgan fingerprint density at radius 2 is 1.96 bits per heavy atom. The van der Waals surface area contributed by atoms with Gasteiger partial charge in [0.05, 0.1) is 5.69 Å². The minimum Gasteiger partial charge on any atom is -0.337 e. The molecule has 1 aliphatic heterocycles. The fourth-order valence-corrected chi connectivity index (χ4v) is 4.03. The molecule has 6 heteroatoms. The van der Waals surface area contributed by atoms with E-state index < -0.39 is 0 Å². The molecule has 2 N–H and O–H groups in total. The second-order valence-electron chi connectivity index (χ2n) is 7.37. The average molecular weight is 375 g/mol. The molecule has 2 aliphatic rings. The highest BCUT2D eigenvalue weighted by Crippen LogP contribution is 2.29. The summed E-state index contributed by atoms with van der Waals surface area (Å²) in [6, 6.07) is 8.37. The van der Waals surface area contributed by atoms with E-state index in [0.717, 1.165) is 56.4 Å². The Labute approximate surface area is 161 Å². The lowest BCUT2D eigenvalue weighted by Crippen LogP contribution is -2.31. The van der Waals surface area contributed by atoms with Gasteiger partial charge in [0, 0.05) is 24.3 Å². The minimum atomic E-state index is 0. The number of carbonyl (C=O) groups is 1. The minimum absolute atomic E-state index is 0. The molecule has 4 rings (SSSR count). The van der Waals surface area contributed by atoms with E-state index in [-0.39, 0.29) is 18.3 Å². The van der Waals surface area contributed by atoms with Crippen molar-refractivity contribution in [2.75, 3.05) is 19.6 Å². The first-order valence-electron chi connectivity index (χ1n) is 9.34. The number of halogens is 1. The summed E-state index contributed by atoms with van der Waals surface area (Å²) in [5.41, 5.74) is 11.1. The fourth-order valence-electron chi connectivity index (χ4n) is 4.03. The van der Waals surface area contributed by atoms with E-state index >= 15 is 0 Å².